The summed E-state index contributed by atoms with van der Waals surface area (Å²) in [5.74, 6) is -0.235. The predicted octanol–water partition coefficient (Wildman–Crippen LogP) is 3.08. The zero-order valence-electron chi connectivity index (χ0n) is 10.9. The molecule has 0 radical (unpaired) electrons. The number of anilines is 1. The largest absolute Gasteiger partial charge is 0.375 e. The minimum atomic E-state index is -0.235. The molecule has 3 aromatic rings. The van der Waals surface area contributed by atoms with Gasteiger partial charge < -0.3 is 5.73 Å². The van der Waals surface area contributed by atoms with Crippen LogP contribution in [0.2, 0.25) is 0 Å². The summed E-state index contributed by atoms with van der Waals surface area (Å²) in [5, 5.41) is 5.03. The van der Waals surface area contributed by atoms with Crippen molar-refractivity contribution in [2.24, 2.45) is 0 Å². The molecular weight excluding hydrogens is 275 g/mol. The van der Waals surface area contributed by atoms with Crippen LogP contribution in [0.1, 0.15) is 11.3 Å². The van der Waals surface area contributed by atoms with E-state index in [4.69, 9.17) is 5.73 Å². The Morgan fingerprint density at radius 2 is 2.20 bits per heavy atom. The molecule has 0 amide bonds. The summed E-state index contributed by atoms with van der Waals surface area (Å²) in [6, 6.07) is 8.43. The number of nitrogens with two attached hydrogens (primary N) is 1. The normalized spacial score (nSPS) is 10.9. The van der Waals surface area contributed by atoms with Gasteiger partial charge in [-0.25, -0.2) is 9.37 Å². The number of thiazole rings is 1. The van der Waals surface area contributed by atoms with Crippen molar-refractivity contribution in [1.82, 2.24) is 14.8 Å². The molecule has 0 spiro atoms. The summed E-state index contributed by atoms with van der Waals surface area (Å²) in [6.07, 6.45) is 1.87. The second-order valence-electron chi connectivity index (χ2n) is 4.50. The summed E-state index contributed by atoms with van der Waals surface area (Å²) in [5.41, 5.74) is 8.29. The topological polar surface area (TPSA) is 56.7 Å². The van der Waals surface area contributed by atoms with Gasteiger partial charge >= 0.3 is 0 Å². The Balaban J connectivity index is 1.85. The fourth-order valence-electron chi connectivity index (χ4n) is 2.05. The van der Waals surface area contributed by atoms with Crippen molar-refractivity contribution in [3.8, 4) is 10.6 Å². The molecule has 20 heavy (non-hydrogen) atoms. The predicted molar refractivity (Wildman–Crippen MR) is 78.0 cm³/mol. The summed E-state index contributed by atoms with van der Waals surface area (Å²) < 4.78 is 14.9. The molecule has 0 atom stereocenters. The van der Waals surface area contributed by atoms with Crippen LogP contribution in [-0.4, -0.2) is 14.8 Å². The molecular formula is C14H13FN4S. The van der Waals surface area contributed by atoms with Gasteiger partial charge in [-0.1, -0.05) is 23.5 Å². The molecule has 2 N–H and O–H groups in total. The highest BCUT2D eigenvalue weighted by Crippen LogP contribution is 2.29. The first-order chi connectivity index (χ1) is 9.61. The van der Waals surface area contributed by atoms with E-state index >= 15 is 0 Å². The van der Waals surface area contributed by atoms with Crippen LogP contribution >= 0.6 is 11.3 Å². The SMILES string of the molecule is Cc1nc(N)sc1-c1ccn(Cc2cccc(F)c2)n1. The van der Waals surface area contributed by atoms with Gasteiger partial charge in [0.2, 0.25) is 0 Å². The maximum absolute atomic E-state index is 13.1. The minimum Gasteiger partial charge on any atom is -0.375 e. The van der Waals surface area contributed by atoms with Crippen LogP contribution < -0.4 is 5.73 Å². The molecule has 2 heterocycles. The van der Waals surface area contributed by atoms with Crippen molar-refractivity contribution in [2.45, 2.75) is 13.5 Å². The molecule has 1 aromatic carbocycles. The van der Waals surface area contributed by atoms with E-state index in [-0.39, 0.29) is 5.82 Å². The molecule has 102 valence electrons. The maximum Gasteiger partial charge on any atom is 0.180 e. The van der Waals surface area contributed by atoms with E-state index in [1.807, 2.05) is 25.3 Å². The highest BCUT2D eigenvalue weighted by Gasteiger charge is 2.11. The third-order valence-electron chi connectivity index (χ3n) is 2.92. The summed E-state index contributed by atoms with van der Waals surface area (Å²) in [7, 11) is 0. The molecule has 0 unspecified atom stereocenters. The van der Waals surface area contributed by atoms with Crippen LogP contribution in [0, 0.1) is 12.7 Å². The average molecular weight is 288 g/mol. The van der Waals surface area contributed by atoms with Crippen molar-refractivity contribution in [2.75, 3.05) is 5.73 Å². The van der Waals surface area contributed by atoms with Crippen molar-refractivity contribution < 1.29 is 4.39 Å². The van der Waals surface area contributed by atoms with Gasteiger partial charge in [-0.15, -0.1) is 0 Å². The van der Waals surface area contributed by atoms with E-state index in [9.17, 15) is 4.39 Å². The molecule has 6 heteroatoms. The van der Waals surface area contributed by atoms with Crippen LogP contribution in [0.4, 0.5) is 9.52 Å². The first-order valence-corrected chi connectivity index (χ1v) is 6.94. The van der Waals surface area contributed by atoms with E-state index in [2.05, 4.69) is 10.1 Å². The number of hydrogen-bond donors (Lipinski definition) is 1. The Kier molecular flexibility index (Phi) is 3.23. The Morgan fingerprint density at radius 3 is 2.90 bits per heavy atom. The van der Waals surface area contributed by atoms with Crippen LogP contribution in [0.5, 0.6) is 0 Å². The summed E-state index contributed by atoms with van der Waals surface area (Å²) >= 11 is 1.42. The lowest BCUT2D eigenvalue weighted by Crippen LogP contribution is -2.00. The van der Waals surface area contributed by atoms with Gasteiger partial charge in [0.05, 0.1) is 17.1 Å². The highest BCUT2D eigenvalue weighted by atomic mass is 32.1. The first kappa shape index (κ1) is 12.8. The van der Waals surface area contributed by atoms with Gasteiger partial charge in [-0.2, -0.15) is 5.10 Å². The lowest BCUT2D eigenvalue weighted by Gasteiger charge is -2.01. The first-order valence-electron chi connectivity index (χ1n) is 6.13. The van der Waals surface area contributed by atoms with E-state index in [0.29, 0.717) is 11.7 Å². The number of rotatable bonds is 3. The monoisotopic (exact) mass is 288 g/mol. The lowest BCUT2D eigenvalue weighted by atomic mass is 10.2. The number of aromatic nitrogens is 3. The number of nitrogen functional groups attached to an aromatic ring is 1. The van der Waals surface area contributed by atoms with Crippen LogP contribution in [-0.2, 0) is 6.54 Å². The second-order valence-corrected chi connectivity index (χ2v) is 5.53. The van der Waals surface area contributed by atoms with Crippen molar-refractivity contribution >= 4 is 16.5 Å². The summed E-state index contributed by atoms with van der Waals surface area (Å²) in [4.78, 5) is 5.16. The van der Waals surface area contributed by atoms with E-state index < -0.39 is 0 Å². The Morgan fingerprint density at radius 1 is 1.35 bits per heavy atom. The molecule has 0 aliphatic carbocycles. The van der Waals surface area contributed by atoms with Crippen LogP contribution in [0.3, 0.4) is 0 Å². The fourth-order valence-corrected chi connectivity index (χ4v) is 2.85. The van der Waals surface area contributed by atoms with Crippen molar-refractivity contribution in [1.29, 1.82) is 0 Å². The van der Waals surface area contributed by atoms with Crippen LogP contribution in [0.25, 0.3) is 10.6 Å². The Bertz CT molecular complexity index is 747. The number of aryl methyl sites for hydroxylation is 1. The number of nitrogens with zero attached hydrogens (tertiary/aromatic N) is 3. The quantitative estimate of drug-likeness (QED) is 0.805. The molecule has 0 bridgehead atoms. The van der Waals surface area contributed by atoms with E-state index in [0.717, 1.165) is 21.8 Å². The molecule has 2 aromatic heterocycles. The smallest absolute Gasteiger partial charge is 0.180 e. The second kappa shape index (κ2) is 5.05. The fraction of sp³-hybridized carbons (Fsp3) is 0.143. The third-order valence-corrected chi connectivity index (χ3v) is 3.93. The van der Waals surface area contributed by atoms with Gasteiger partial charge in [-0.3, -0.25) is 4.68 Å². The minimum absolute atomic E-state index is 0.235. The van der Waals surface area contributed by atoms with E-state index in [1.165, 1.54) is 23.5 Å². The standard InChI is InChI=1S/C14H13FN4S/c1-9-13(20-14(16)17-9)12-5-6-19(18-12)8-10-3-2-4-11(15)7-10/h2-7H,8H2,1H3,(H2,16,17). The summed E-state index contributed by atoms with van der Waals surface area (Å²) in [6.45, 7) is 2.44. The van der Waals surface area contributed by atoms with Crippen LogP contribution in [0.15, 0.2) is 36.5 Å². The van der Waals surface area contributed by atoms with Gasteiger partial charge in [0.1, 0.15) is 11.5 Å². The van der Waals surface area contributed by atoms with Gasteiger partial charge in [0, 0.05) is 6.20 Å². The number of benzene rings is 1. The zero-order valence-corrected chi connectivity index (χ0v) is 11.7. The molecule has 0 aliphatic heterocycles. The Labute approximate surface area is 119 Å². The molecule has 0 saturated heterocycles. The molecule has 0 saturated carbocycles. The van der Waals surface area contributed by atoms with Gasteiger partial charge in [0.25, 0.3) is 0 Å². The highest BCUT2D eigenvalue weighted by molar-refractivity contribution is 7.18. The van der Waals surface area contributed by atoms with E-state index in [1.54, 1.807) is 10.7 Å². The van der Waals surface area contributed by atoms with Gasteiger partial charge in [0.15, 0.2) is 5.13 Å². The lowest BCUT2D eigenvalue weighted by molar-refractivity contribution is 0.619. The van der Waals surface area contributed by atoms with Gasteiger partial charge in [-0.05, 0) is 30.7 Å². The number of hydrogen-bond acceptors (Lipinski definition) is 4. The molecule has 3 rings (SSSR count). The van der Waals surface area contributed by atoms with Crippen molar-refractivity contribution in [3.05, 3.63) is 53.6 Å². The molecule has 4 nitrogen and oxygen atoms in total. The van der Waals surface area contributed by atoms with Crippen molar-refractivity contribution in [3.63, 3.8) is 0 Å². The average Bonchev–Trinajstić information content (AvgIpc) is 2.96. The molecule has 0 fully saturated rings. The molecule has 0 aliphatic rings. The number of halogens is 1. The maximum atomic E-state index is 13.1. The Hall–Kier alpha value is -2.21. The zero-order chi connectivity index (χ0) is 14.1. The third kappa shape index (κ3) is 2.55.